The summed E-state index contributed by atoms with van der Waals surface area (Å²) in [4.78, 5) is 34.4. The second-order valence-electron chi connectivity index (χ2n) is 7.93. The molecule has 2 aromatic carbocycles. The van der Waals surface area contributed by atoms with Crippen LogP contribution in [0.1, 0.15) is 28.2 Å². The van der Waals surface area contributed by atoms with Crippen molar-refractivity contribution in [2.24, 2.45) is 0 Å². The monoisotopic (exact) mass is 460 g/mol. The van der Waals surface area contributed by atoms with Gasteiger partial charge in [0.2, 0.25) is 5.91 Å². The van der Waals surface area contributed by atoms with Gasteiger partial charge in [-0.05, 0) is 36.8 Å². The van der Waals surface area contributed by atoms with Crippen molar-refractivity contribution in [1.82, 2.24) is 9.97 Å². The Morgan fingerprint density at radius 1 is 1.09 bits per heavy atom. The summed E-state index contributed by atoms with van der Waals surface area (Å²) >= 11 is 0. The molecular formula is C26H28N4O4. The van der Waals surface area contributed by atoms with E-state index in [1.54, 1.807) is 25.0 Å². The number of rotatable bonds is 9. The van der Waals surface area contributed by atoms with Gasteiger partial charge in [0, 0.05) is 49.1 Å². The average molecular weight is 461 g/mol. The second kappa shape index (κ2) is 11.1. The van der Waals surface area contributed by atoms with E-state index in [0.717, 1.165) is 11.1 Å². The Morgan fingerprint density at radius 3 is 2.44 bits per heavy atom. The maximum absolute atomic E-state index is 12.3. The van der Waals surface area contributed by atoms with E-state index in [0.29, 0.717) is 40.8 Å². The fraction of sp³-hybridized carbons (Fsp3) is 0.231. The highest BCUT2D eigenvalue weighted by atomic mass is 16.5. The Morgan fingerprint density at radius 2 is 1.79 bits per heavy atom. The van der Waals surface area contributed by atoms with Gasteiger partial charge in [-0.2, -0.15) is 0 Å². The number of carboxylic acids is 1. The molecule has 2 N–H and O–H groups in total. The Kier molecular flexibility index (Phi) is 7.97. The van der Waals surface area contributed by atoms with Gasteiger partial charge >= 0.3 is 5.97 Å². The number of aryl methyl sites for hydroxylation is 1. The number of para-hydroxylation sites is 1. The number of carboxylic acid groups (broad SMARTS) is 1. The number of ether oxygens (including phenoxy) is 1. The molecule has 3 aromatic rings. The summed E-state index contributed by atoms with van der Waals surface area (Å²) in [5.74, 6) is 0.740. The van der Waals surface area contributed by atoms with Crippen molar-refractivity contribution in [3.05, 3.63) is 82.8 Å². The van der Waals surface area contributed by atoms with Crippen LogP contribution < -0.4 is 15.0 Å². The maximum Gasteiger partial charge on any atom is 0.308 e. The molecule has 0 spiro atoms. The number of anilines is 2. The Hall–Kier alpha value is -4.20. The highest BCUT2D eigenvalue weighted by molar-refractivity contribution is 6.02. The number of nitrogens with one attached hydrogen (secondary N) is 1. The van der Waals surface area contributed by atoms with E-state index in [1.165, 1.54) is 6.08 Å². The third-order valence-corrected chi connectivity index (χ3v) is 5.13. The third kappa shape index (κ3) is 6.41. The molecule has 1 aromatic heterocycles. The minimum absolute atomic E-state index is 0.125. The number of aromatic nitrogens is 2. The van der Waals surface area contributed by atoms with E-state index in [2.05, 4.69) is 15.3 Å². The maximum atomic E-state index is 12.3. The molecule has 0 saturated carbocycles. The number of nitrogens with zero attached hydrogens (tertiary/aromatic N) is 3. The molecular weight excluding hydrogens is 432 g/mol. The van der Waals surface area contributed by atoms with Gasteiger partial charge in [0.25, 0.3) is 0 Å². The van der Waals surface area contributed by atoms with Gasteiger partial charge in [0.15, 0.2) is 0 Å². The lowest BCUT2D eigenvalue weighted by molar-refractivity contribution is -0.136. The topological polar surface area (TPSA) is 105 Å². The zero-order chi connectivity index (χ0) is 24.7. The molecule has 3 rings (SSSR count). The summed E-state index contributed by atoms with van der Waals surface area (Å²) in [6.45, 7) is 1.80. The molecule has 0 radical (unpaired) electrons. The number of carbonyl (C=O) groups is 2. The van der Waals surface area contributed by atoms with Gasteiger partial charge in [-0.3, -0.25) is 9.59 Å². The molecule has 1 heterocycles. The van der Waals surface area contributed by atoms with Crippen molar-refractivity contribution < 1.29 is 19.4 Å². The molecule has 34 heavy (non-hydrogen) atoms. The molecule has 0 saturated heterocycles. The lowest BCUT2D eigenvalue weighted by atomic mass is 10.1. The smallest absolute Gasteiger partial charge is 0.308 e. The average Bonchev–Trinajstić information content (AvgIpc) is 2.80. The number of methoxy groups -OCH3 is 1. The van der Waals surface area contributed by atoms with Crippen LogP contribution >= 0.6 is 0 Å². The van der Waals surface area contributed by atoms with Crippen molar-refractivity contribution in [2.45, 2.75) is 19.8 Å². The highest BCUT2D eigenvalue weighted by Crippen LogP contribution is 2.22. The van der Waals surface area contributed by atoms with Crippen LogP contribution in [0.15, 0.2) is 54.6 Å². The Labute approximate surface area is 198 Å². The summed E-state index contributed by atoms with van der Waals surface area (Å²) in [6, 6.07) is 14.9. The van der Waals surface area contributed by atoms with E-state index >= 15 is 0 Å². The first-order chi connectivity index (χ1) is 16.3. The van der Waals surface area contributed by atoms with E-state index in [4.69, 9.17) is 4.74 Å². The molecule has 8 nitrogen and oxygen atoms in total. The van der Waals surface area contributed by atoms with Crippen molar-refractivity contribution >= 4 is 29.5 Å². The fourth-order valence-electron chi connectivity index (χ4n) is 3.49. The standard InChI is InChI=1S/C26H28N4O4/c1-17-21(16-25(32)33)26(30(2)3)29-23(27-17)15-18-9-12-20(13-10-18)28-24(31)14-11-19-7-5-6-8-22(19)34-4/h5-14H,15-16H2,1-4H3,(H,28,31)(H,32,33)/b14-11+. The van der Waals surface area contributed by atoms with Crippen LogP contribution in [0.5, 0.6) is 5.75 Å². The first kappa shape index (κ1) is 24.4. The number of aliphatic carboxylic acids is 1. The van der Waals surface area contributed by atoms with Gasteiger partial charge in [-0.15, -0.1) is 0 Å². The van der Waals surface area contributed by atoms with Crippen LogP contribution in [0, 0.1) is 6.92 Å². The van der Waals surface area contributed by atoms with E-state index in [1.807, 2.05) is 62.6 Å². The Balaban J connectivity index is 1.68. The third-order valence-electron chi connectivity index (χ3n) is 5.13. The first-order valence-electron chi connectivity index (χ1n) is 10.7. The number of carbonyl (C=O) groups excluding carboxylic acids is 1. The molecule has 0 bridgehead atoms. The summed E-state index contributed by atoms with van der Waals surface area (Å²) < 4.78 is 5.29. The molecule has 0 unspecified atom stereocenters. The van der Waals surface area contributed by atoms with Crippen LogP contribution in [0.4, 0.5) is 11.5 Å². The number of hydrogen-bond acceptors (Lipinski definition) is 6. The fourth-order valence-corrected chi connectivity index (χ4v) is 3.49. The molecule has 1 amide bonds. The zero-order valence-corrected chi connectivity index (χ0v) is 19.7. The minimum Gasteiger partial charge on any atom is -0.496 e. The number of hydrogen-bond donors (Lipinski definition) is 2. The summed E-state index contributed by atoms with van der Waals surface area (Å²) in [5.41, 5.74) is 3.72. The van der Waals surface area contributed by atoms with E-state index in [-0.39, 0.29) is 12.3 Å². The summed E-state index contributed by atoms with van der Waals surface area (Å²) in [6.07, 6.45) is 3.53. The lowest BCUT2D eigenvalue weighted by Gasteiger charge is -2.18. The first-order valence-corrected chi connectivity index (χ1v) is 10.7. The lowest BCUT2D eigenvalue weighted by Crippen LogP contribution is -2.18. The zero-order valence-electron chi connectivity index (χ0n) is 19.7. The van der Waals surface area contributed by atoms with Gasteiger partial charge in [0.1, 0.15) is 17.4 Å². The van der Waals surface area contributed by atoms with Crippen molar-refractivity contribution in [3.63, 3.8) is 0 Å². The molecule has 0 aliphatic carbocycles. The normalized spacial score (nSPS) is 10.8. The summed E-state index contributed by atoms with van der Waals surface area (Å²) in [5, 5.41) is 12.0. The number of benzene rings is 2. The highest BCUT2D eigenvalue weighted by Gasteiger charge is 2.16. The van der Waals surface area contributed by atoms with Crippen molar-refractivity contribution in [2.75, 3.05) is 31.4 Å². The van der Waals surface area contributed by atoms with Crippen LogP contribution in [0.2, 0.25) is 0 Å². The van der Waals surface area contributed by atoms with Gasteiger partial charge < -0.3 is 20.1 Å². The molecule has 176 valence electrons. The quantitative estimate of drug-likeness (QED) is 0.469. The van der Waals surface area contributed by atoms with Gasteiger partial charge in [0.05, 0.1) is 13.5 Å². The van der Waals surface area contributed by atoms with E-state index in [9.17, 15) is 14.7 Å². The molecule has 0 aliphatic heterocycles. The van der Waals surface area contributed by atoms with Crippen LogP contribution in [-0.2, 0) is 22.4 Å². The summed E-state index contributed by atoms with van der Waals surface area (Å²) in [7, 11) is 5.25. The molecule has 0 aliphatic rings. The largest absolute Gasteiger partial charge is 0.496 e. The van der Waals surface area contributed by atoms with E-state index < -0.39 is 5.97 Å². The van der Waals surface area contributed by atoms with Crippen molar-refractivity contribution in [1.29, 1.82) is 0 Å². The minimum atomic E-state index is -0.919. The van der Waals surface area contributed by atoms with Crippen LogP contribution in [0.3, 0.4) is 0 Å². The van der Waals surface area contributed by atoms with Crippen LogP contribution in [-0.4, -0.2) is 48.2 Å². The molecule has 8 heteroatoms. The molecule has 0 fully saturated rings. The molecule has 0 atom stereocenters. The SMILES string of the molecule is COc1ccccc1/C=C/C(=O)Nc1ccc(Cc2nc(C)c(CC(=O)O)c(N(C)C)n2)cc1. The van der Waals surface area contributed by atoms with Gasteiger partial charge in [-0.25, -0.2) is 9.97 Å². The predicted octanol–water partition coefficient (Wildman–Crippen LogP) is 3.73. The van der Waals surface area contributed by atoms with Crippen molar-refractivity contribution in [3.8, 4) is 5.75 Å². The van der Waals surface area contributed by atoms with Gasteiger partial charge in [-0.1, -0.05) is 30.3 Å². The predicted molar refractivity (Wildman–Crippen MR) is 132 cm³/mol. The van der Waals surface area contributed by atoms with Crippen LogP contribution in [0.25, 0.3) is 6.08 Å². The Bertz CT molecular complexity index is 1200. The second-order valence-corrected chi connectivity index (χ2v) is 7.93. The number of amides is 1.